The first kappa shape index (κ1) is 16.1. The monoisotopic (exact) mass is 292 g/mol. The molecule has 1 N–H and O–H groups in total. The first-order valence-electron chi connectivity index (χ1n) is 7.99. The first-order valence-corrected chi connectivity index (χ1v) is 7.99. The molecule has 0 bridgehead atoms. The van der Waals surface area contributed by atoms with Crippen LogP contribution >= 0.6 is 0 Å². The third kappa shape index (κ3) is 4.61. The highest BCUT2D eigenvalue weighted by Gasteiger charge is 2.20. The van der Waals surface area contributed by atoms with E-state index >= 15 is 0 Å². The lowest BCUT2D eigenvalue weighted by Gasteiger charge is -2.14. The lowest BCUT2D eigenvalue weighted by Crippen LogP contribution is -2.26. The number of rotatable bonds is 8. The van der Waals surface area contributed by atoms with E-state index in [0.717, 1.165) is 30.5 Å². The van der Waals surface area contributed by atoms with E-state index < -0.39 is 0 Å². The van der Waals surface area contributed by atoms with Gasteiger partial charge >= 0.3 is 0 Å². The zero-order valence-electron chi connectivity index (χ0n) is 13.5. The van der Waals surface area contributed by atoms with Crippen LogP contribution in [0.3, 0.4) is 0 Å². The Morgan fingerprint density at radius 3 is 2.81 bits per heavy atom. The number of benzene rings is 1. The van der Waals surface area contributed by atoms with Crippen molar-refractivity contribution < 1.29 is 9.47 Å². The highest BCUT2D eigenvalue weighted by atomic mass is 16.5. The van der Waals surface area contributed by atoms with E-state index in [-0.39, 0.29) is 0 Å². The van der Waals surface area contributed by atoms with Crippen LogP contribution < -0.4 is 14.8 Å². The maximum atomic E-state index is 5.62. The van der Waals surface area contributed by atoms with Crippen molar-refractivity contribution in [2.24, 2.45) is 5.92 Å². The highest BCUT2D eigenvalue weighted by Crippen LogP contribution is 2.28. The quantitative estimate of drug-likeness (QED) is 0.798. The van der Waals surface area contributed by atoms with E-state index in [2.05, 4.69) is 29.3 Å². The van der Waals surface area contributed by atoms with E-state index in [0.29, 0.717) is 6.61 Å². The van der Waals surface area contributed by atoms with Crippen LogP contribution in [0.15, 0.2) is 18.2 Å². The molecule has 2 rings (SSSR count). The van der Waals surface area contributed by atoms with Gasteiger partial charge in [0.05, 0.1) is 13.7 Å². The molecule has 0 saturated carbocycles. The van der Waals surface area contributed by atoms with Gasteiger partial charge < -0.3 is 19.7 Å². The Kier molecular flexibility index (Phi) is 6.33. The van der Waals surface area contributed by atoms with Crippen molar-refractivity contribution >= 4 is 0 Å². The molecular formula is C17H28N2O2. The van der Waals surface area contributed by atoms with Gasteiger partial charge in [-0.05, 0) is 56.6 Å². The van der Waals surface area contributed by atoms with Crippen LogP contribution in [0.2, 0.25) is 0 Å². The van der Waals surface area contributed by atoms with E-state index in [4.69, 9.17) is 9.47 Å². The van der Waals surface area contributed by atoms with Crippen molar-refractivity contribution in [3.63, 3.8) is 0 Å². The summed E-state index contributed by atoms with van der Waals surface area (Å²) in [5.74, 6) is 2.42. The van der Waals surface area contributed by atoms with E-state index in [1.165, 1.54) is 31.6 Å². The molecule has 4 heteroatoms. The predicted octanol–water partition coefficient (Wildman–Crippen LogP) is 2.53. The number of hydrogen-bond acceptors (Lipinski definition) is 4. The summed E-state index contributed by atoms with van der Waals surface area (Å²) in [5, 5.41) is 3.57. The molecule has 1 aromatic carbocycles. The molecule has 1 saturated heterocycles. The van der Waals surface area contributed by atoms with Crippen LogP contribution in [0.5, 0.6) is 11.5 Å². The largest absolute Gasteiger partial charge is 0.493 e. The summed E-state index contributed by atoms with van der Waals surface area (Å²) in [7, 11) is 1.68. The minimum atomic E-state index is 0.655. The van der Waals surface area contributed by atoms with Crippen molar-refractivity contribution in [1.29, 1.82) is 0 Å². The van der Waals surface area contributed by atoms with Gasteiger partial charge in [-0.2, -0.15) is 0 Å². The standard InChI is InChI=1S/C17H28N2O2/c1-4-19-9-8-15(13-19)12-18-11-14-6-7-16(20-3)17(10-14)21-5-2/h6-7,10,15,18H,4-5,8-9,11-13H2,1-3H3/t15-/m0/s1. The van der Waals surface area contributed by atoms with Gasteiger partial charge in [-0.3, -0.25) is 0 Å². The number of likely N-dealkylation sites (tertiary alicyclic amines) is 1. The summed E-state index contributed by atoms with van der Waals surface area (Å²) >= 11 is 0. The molecule has 118 valence electrons. The maximum absolute atomic E-state index is 5.62. The van der Waals surface area contributed by atoms with Gasteiger partial charge in [0.15, 0.2) is 11.5 Å². The summed E-state index contributed by atoms with van der Waals surface area (Å²) in [5.41, 5.74) is 1.24. The van der Waals surface area contributed by atoms with Crippen LogP contribution in [0.25, 0.3) is 0 Å². The molecule has 1 heterocycles. The minimum Gasteiger partial charge on any atom is -0.493 e. The summed E-state index contributed by atoms with van der Waals surface area (Å²) in [6, 6.07) is 6.15. The van der Waals surface area contributed by atoms with Crippen molar-refractivity contribution in [1.82, 2.24) is 10.2 Å². The summed E-state index contributed by atoms with van der Waals surface area (Å²) in [6.45, 7) is 10.5. The molecule has 0 radical (unpaired) electrons. The lowest BCUT2D eigenvalue weighted by atomic mass is 10.1. The van der Waals surface area contributed by atoms with Gasteiger partial charge in [0.1, 0.15) is 0 Å². The molecule has 1 fully saturated rings. The van der Waals surface area contributed by atoms with Gasteiger partial charge in [0, 0.05) is 13.1 Å². The van der Waals surface area contributed by atoms with E-state index in [1.807, 2.05) is 13.0 Å². The van der Waals surface area contributed by atoms with Crippen LogP contribution in [-0.2, 0) is 6.54 Å². The third-order valence-corrected chi connectivity index (χ3v) is 4.11. The fraction of sp³-hybridized carbons (Fsp3) is 0.647. The molecule has 0 amide bonds. The second-order valence-corrected chi connectivity index (χ2v) is 5.60. The molecule has 0 aliphatic carbocycles. The molecule has 21 heavy (non-hydrogen) atoms. The summed E-state index contributed by atoms with van der Waals surface area (Å²) in [6.07, 6.45) is 1.31. The normalized spacial score (nSPS) is 18.9. The molecule has 1 aliphatic heterocycles. The molecule has 1 aliphatic rings. The lowest BCUT2D eigenvalue weighted by molar-refractivity contribution is 0.310. The molecule has 0 spiro atoms. The average Bonchev–Trinajstić information content (AvgIpc) is 2.96. The first-order chi connectivity index (χ1) is 10.3. The molecule has 0 aromatic heterocycles. The van der Waals surface area contributed by atoms with Crippen LogP contribution in [0, 0.1) is 5.92 Å². The number of nitrogens with one attached hydrogen (secondary N) is 1. The number of methoxy groups -OCH3 is 1. The van der Waals surface area contributed by atoms with Gasteiger partial charge in [-0.1, -0.05) is 13.0 Å². The Balaban J connectivity index is 1.81. The number of nitrogens with zero attached hydrogens (tertiary/aromatic N) is 1. The molecule has 0 unspecified atom stereocenters. The van der Waals surface area contributed by atoms with Crippen molar-refractivity contribution in [3.05, 3.63) is 23.8 Å². The van der Waals surface area contributed by atoms with Crippen molar-refractivity contribution in [2.75, 3.05) is 39.9 Å². The Morgan fingerprint density at radius 1 is 1.29 bits per heavy atom. The fourth-order valence-electron chi connectivity index (χ4n) is 2.89. The Hall–Kier alpha value is -1.26. The second-order valence-electron chi connectivity index (χ2n) is 5.60. The third-order valence-electron chi connectivity index (χ3n) is 4.11. The molecule has 4 nitrogen and oxygen atoms in total. The second kappa shape index (κ2) is 8.25. The van der Waals surface area contributed by atoms with Gasteiger partial charge in [-0.15, -0.1) is 0 Å². The SMILES string of the molecule is CCOc1cc(CNC[C@@H]2CCN(CC)C2)ccc1OC. The van der Waals surface area contributed by atoms with Crippen LogP contribution in [0.4, 0.5) is 0 Å². The Bertz CT molecular complexity index is 437. The molecular weight excluding hydrogens is 264 g/mol. The van der Waals surface area contributed by atoms with E-state index in [9.17, 15) is 0 Å². The molecule has 1 atom stereocenters. The summed E-state index contributed by atoms with van der Waals surface area (Å²) in [4.78, 5) is 2.52. The van der Waals surface area contributed by atoms with Gasteiger partial charge in [0.25, 0.3) is 0 Å². The number of hydrogen-bond donors (Lipinski definition) is 1. The Labute approximate surface area is 128 Å². The van der Waals surface area contributed by atoms with Crippen molar-refractivity contribution in [2.45, 2.75) is 26.8 Å². The number of ether oxygens (including phenoxy) is 2. The maximum Gasteiger partial charge on any atom is 0.161 e. The molecule has 1 aromatic rings. The predicted molar refractivity (Wildman–Crippen MR) is 86.1 cm³/mol. The van der Waals surface area contributed by atoms with Crippen LogP contribution in [-0.4, -0.2) is 44.8 Å². The smallest absolute Gasteiger partial charge is 0.161 e. The average molecular weight is 292 g/mol. The van der Waals surface area contributed by atoms with Crippen LogP contribution in [0.1, 0.15) is 25.8 Å². The minimum absolute atomic E-state index is 0.655. The Morgan fingerprint density at radius 2 is 2.14 bits per heavy atom. The summed E-state index contributed by atoms with van der Waals surface area (Å²) < 4.78 is 10.9. The fourth-order valence-corrected chi connectivity index (χ4v) is 2.89. The topological polar surface area (TPSA) is 33.7 Å². The van der Waals surface area contributed by atoms with Crippen molar-refractivity contribution in [3.8, 4) is 11.5 Å². The zero-order chi connectivity index (χ0) is 15.1. The van der Waals surface area contributed by atoms with Gasteiger partial charge in [-0.25, -0.2) is 0 Å². The zero-order valence-corrected chi connectivity index (χ0v) is 13.5. The van der Waals surface area contributed by atoms with Gasteiger partial charge in [0.2, 0.25) is 0 Å². The van der Waals surface area contributed by atoms with E-state index in [1.54, 1.807) is 7.11 Å². The highest BCUT2D eigenvalue weighted by molar-refractivity contribution is 5.42.